The van der Waals surface area contributed by atoms with Crippen LogP contribution in [0.2, 0.25) is 0 Å². The van der Waals surface area contributed by atoms with Crippen LogP contribution in [0.1, 0.15) is 24.5 Å². The van der Waals surface area contributed by atoms with Crippen molar-refractivity contribution in [3.05, 3.63) is 35.4 Å². The lowest BCUT2D eigenvalue weighted by Gasteiger charge is -2.14. The summed E-state index contributed by atoms with van der Waals surface area (Å²) in [4.78, 5) is 11.1. The first kappa shape index (κ1) is 16.4. The molecular formula is C12H12F5NO2. The van der Waals surface area contributed by atoms with Crippen molar-refractivity contribution in [2.24, 2.45) is 0 Å². The molecule has 2 N–H and O–H groups in total. The summed E-state index contributed by atoms with van der Waals surface area (Å²) in [6, 6.07) is 2.95. The van der Waals surface area contributed by atoms with Crippen molar-refractivity contribution < 1.29 is 31.9 Å². The number of benzene rings is 1. The first-order valence-electron chi connectivity index (χ1n) is 5.66. The van der Waals surface area contributed by atoms with Crippen LogP contribution in [0.3, 0.4) is 0 Å². The van der Waals surface area contributed by atoms with Crippen molar-refractivity contribution in [3.8, 4) is 0 Å². The molecule has 1 amide bonds. The summed E-state index contributed by atoms with van der Waals surface area (Å²) in [5.41, 5.74) is -0.636. The molecule has 0 heterocycles. The van der Waals surface area contributed by atoms with Crippen LogP contribution < -0.4 is 5.32 Å². The molecule has 0 aliphatic heterocycles. The van der Waals surface area contributed by atoms with Gasteiger partial charge in [-0.15, -0.1) is 0 Å². The maximum atomic E-state index is 13.3. The number of amides is 1. The van der Waals surface area contributed by atoms with Crippen LogP contribution in [0, 0.1) is 11.6 Å². The zero-order chi connectivity index (χ0) is 15.3. The van der Waals surface area contributed by atoms with Gasteiger partial charge in [0.05, 0.1) is 12.0 Å². The smallest absolute Gasteiger partial charge is 0.386 e. The average Bonchev–Trinajstić information content (AvgIpc) is 2.32. The largest absolute Gasteiger partial charge is 0.389 e. The van der Waals surface area contributed by atoms with Gasteiger partial charge in [0.25, 0.3) is 0 Å². The molecular weight excluding hydrogens is 285 g/mol. The van der Waals surface area contributed by atoms with E-state index in [0.717, 1.165) is 18.2 Å². The molecule has 0 saturated carbocycles. The van der Waals surface area contributed by atoms with Crippen LogP contribution in [0.5, 0.6) is 0 Å². The van der Waals surface area contributed by atoms with Gasteiger partial charge in [0.15, 0.2) is 0 Å². The second-order valence-electron chi connectivity index (χ2n) is 4.07. The maximum absolute atomic E-state index is 13.3. The number of alkyl halides is 3. The Morgan fingerprint density at radius 2 is 1.80 bits per heavy atom. The highest BCUT2D eigenvalue weighted by atomic mass is 19.4. The summed E-state index contributed by atoms with van der Waals surface area (Å²) in [6.45, 7) is -0.575. The molecule has 0 aliphatic rings. The molecule has 0 aromatic heterocycles. The Balaban J connectivity index is 2.51. The minimum atomic E-state index is -4.46. The minimum Gasteiger partial charge on any atom is -0.386 e. The number of nitrogens with one attached hydrogen (secondary N) is 1. The van der Waals surface area contributed by atoms with E-state index in [1.54, 1.807) is 0 Å². The highest BCUT2D eigenvalue weighted by Crippen LogP contribution is 2.22. The third kappa shape index (κ3) is 5.12. The lowest BCUT2D eigenvalue weighted by Crippen LogP contribution is -2.30. The van der Waals surface area contributed by atoms with E-state index in [1.807, 2.05) is 5.32 Å². The Labute approximate surface area is 111 Å². The Bertz CT molecular complexity index is 455. The van der Waals surface area contributed by atoms with Gasteiger partial charge in [0.2, 0.25) is 5.91 Å². The molecule has 1 unspecified atom stereocenters. The quantitative estimate of drug-likeness (QED) is 0.820. The molecule has 8 heteroatoms. The lowest BCUT2D eigenvalue weighted by molar-refractivity contribution is -0.144. The zero-order valence-corrected chi connectivity index (χ0v) is 10.2. The van der Waals surface area contributed by atoms with Gasteiger partial charge in [-0.1, -0.05) is 6.07 Å². The molecule has 1 aromatic carbocycles. The fourth-order valence-electron chi connectivity index (χ4n) is 1.49. The van der Waals surface area contributed by atoms with Crippen LogP contribution in [0.15, 0.2) is 18.2 Å². The van der Waals surface area contributed by atoms with E-state index in [0.29, 0.717) is 0 Å². The van der Waals surface area contributed by atoms with E-state index in [2.05, 4.69) is 0 Å². The third-order valence-corrected chi connectivity index (χ3v) is 2.46. The van der Waals surface area contributed by atoms with Crippen LogP contribution in [0.4, 0.5) is 22.0 Å². The van der Waals surface area contributed by atoms with Gasteiger partial charge in [0, 0.05) is 13.0 Å². The van der Waals surface area contributed by atoms with E-state index in [9.17, 15) is 31.9 Å². The number of rotatable bonds is 5. The second kappa shape index (κ2) is 6.65. The summed E-state index contributed by atoms with van der Waals surface area (Å²) < 4.78 is 62.1. The van der Waals surface area contributed by atoms with Crippen molar-refractivity contribution in [1.82, 2.24) is 5.32 Å². The molecule has 1 rings (SSSR count). The first-order chi connectivity index (χ1) is 9.20. The van der Waals surface area contributed by atoms with Crippen molar-refractivity contribution in [2.75, 3.05) is 6.54 Å². The number of hydrogen-bond acceptors (Lipinski definition) is 2. The van der Waals surface area contributed by atoms with E-state index < -0.39 is 54.8 Å². The predicted octanol–water partition coefficient (Wildman–Crippen LogP) is 2.46. The SMILES string of the molecule is O=C(CCC(F)(F)F)NCC(O)c1c(F)cccc1F. The maximum Gasteiger partial charge on any atom is 0.389 e. The van der Waals surface area contributed by atoms with Crippen LogP contribution in [-0.2, 0) is 4.79 Å². The van der Waals surface area contributed by atoms with Crippen LogP contribution >= 0.6 is 0 Å². The fourth-order valence-corrected chi connectivity index (χ4v) is 1.49. The van der Waals surface area contributed by atoms with Crippen molar-refractivity contribution in [2.45, 2.75) is 25.1 Å². The monoisotopic (exact) mass is 297 g/mol. The number of aliphatic hydroxyl groups excluding tert-OH is 1. The van der Waals surface area contributed by atoms with Gasteiger partial charge in [-0.25, -0.2) is 8.78 Å². The number of carbonyl (C=O) groups excluding carboxylic acids is 1. The van der Waals surface area contributed by atoms with Crippen LogP contribution in [0.25, 0.3) is 0 Å². The van der Waals surface area contributed by atoms with E-state index in [-0.39, 0.29) is 0 Å². The highest BCUT2D eigenvalue weighted by molar-refractivity contribution is 5.75. The van der Waals surface area contributed by atoms with Crippen LogP contribution in [-0.4, -0.2) is 23.7 Å². The Morgan fingerprint density at radius 3 is 2.30 bits per heavy atom. The molecule has 112 valence electrons. The number of carbonyl (C=O) groups is 1. The van der Waals surface area contributed by atoms with Gasteiger partial charge in [-0.05, 0) is 12.1 Å². The molecule has 0 spiro atoms. The standard InChI is InChI=1S/C12H12F5NO2/c13-7-2-1-3-8(14)11(7)9(19)6-18-10(20)4-5-12(15,16)17/h1-3,9,19H,4-6H2,(H,18,20). The Hall–Kier alpha value is -1.70. The molecule has 1 aromatic rings. The van der Waals surface area contributed by atoms with Gasteiger partial charge >= 0.3 is 6.18 Å². The normalized spacial score (nSPS) is 13.1. The minimum absolute atomic E-state index is 0.575. The highest BCUT2D eigenvalue weighted by Gasteiger charge is 2.28. The summed E-state index contributed by atoms with van der Waals surface area (Å²) in [6.07, 6.45) is -8.25. The Morgan fingerprint density at radius 1 is 1.25 bits per heavy atom. The summed E-state index contributed by atoms with van der Waals surface area (Å²) in [7, 11) is 0. The lowest BCUT2D eigenvalue weighted by atomic mass is 10.1. The molecule has 1 atom stereocenters. The second-order valence-corrected chi connectivity index (χ2v) is 4.07. The molecule has 0 saturated heterocycles. The van der Waals surface area contributed by atoms with Gasteiger partial charge in [-0.3, -0.25) is 4.79 Å². The number of hydrogen-bond donors (Lipinski definition) is 2. The van der Waals surface area contributed by atoms with E-state index in [4.69, 9.17) is 0 Å². The molecule has 0 fully saturated rings. The molecule has 0 radical (unpaired) electrons. The fraction of sp³-hybridized carbons (Fsp3) is 0.417. The van der Waals surface area contributed by atoms with E-state index in [1.165, 1.54) is 0 Å². The topological polar surface area (TPSA) is 49.3 Å². The average molecular weight is 297 g/mol. The summed E-state index contributed by atoms with van der Waals surface area (Å²) in [5, 5.41) is 11.5. The first-order valence-corrected chi connectivity index (χ1v) is 5.66. The molecule has 0 bridgehead atoms. The summed E-state index contributed by atoms with van der Waals surface area (Å²) in [5.74, 6) is -2.96. The van der Waals surface area contributed by atoms with Gasteiger partial charge < -0.3 is 10.4 Å². The van der Waals surface area contributed by atoms with Gasteiger partial charge in [-0.2, -0.15) is 13.2 Å². The van der Waals surface area contributed by atoms with Crippen molar-refractivity contribution in [1.29, 1.82) is 0 Å². The number of aliphatic hydroxyl groups is 1. The predicted molar refractivity (Wildman–Crippen MR) is 59.6 cm³/mol. The molecule has 20 heavy (non-hydrogen) atoms. The zero-order valence-electron chi connectivity index (χ0n) is 10.2. The van der Waals surface area contributed by atoms with E-state index >= 15 is 0 Å². The van der Waals surface area contributed by atoms with Crippen molar-refractivity contribution in [3.63, 3.8) is 0 Å². The molecule has 3 nitrogen and oxygen atoms in total. The molecule has 0 aliphatic carbocycles. The van der Waals surface area contributed by atoms with Crippen molar-refractivity contribution >= 4 is 5.91 Å². The third-order valence-electron chi connectivity index (χ3n) is 2.46. The number of halogens is 5. The summed E-state index contributed by atoms with van der Waals surface area (Å²) >= 11 is 0. The van der Waals surface area contributed by atoms with Gasteiger partial charge in [0.1, 0.15) is 17.7 Å². The Kier molecular flexibility index (Phi) is 5.43.